The van der Waals surface area contributed by atoms with Gasteiger partial charge in [-0.15, -0.1) is 11.3 Å². The van der Waals surface area contributed by atoms with Crippen LogP contribution in [0.15, 0.2) is 29.6 Å². The van der Waals surface area contributed by atoms with Crippen molar-refractivity contribution in [3.05, 3.63) is 40.2 Å². The van der Waals surface area contributed by atoms with Crippen LogP contribution in [0.4, 0.5) is 0 Å². The number of nitrogens with two attached hydrogens (primary N) is 1. The number of hydrogen-bond donors (Lipinski definition) is 1. The average Bonchev–Trinajstić information content (AvgIpc) is 2.65. The van der Waals surface area contributed by atoms with Gasteiger partial charge in [0.1, 0.15) is 5.01 Å². The minimum absolute atomic E-state index is 0.354. The molecule has 0 aliphatic heterocycles. The molecule has 0 unspecified atom stereocenters. The average molecular weight is 232 g/mol. The van der Waals surface area contributed by atoms with E-state index < -0.39 is 0 Å². The third-order valence-electron chi connectivity index (χ3n) is 2.37. The highest BCUT2D eigenvalue weighted by atomic mass is 32.1. The Bertz CT molecular complexity index is 495. The quantitative estimate of drug-likeness (QED) is 0.862. The number of aromatic nitrogens is 1. The van der Waals surface area contributed by atoms with Crippen molar-refractivity contribution in [1.29, 1.82) is 0 Å². The van der Waals surface area contributed by atoms with Gasteiger partial charge in [0.05, 0.1) is 11.2 Å². The van der Waals surface area contributed by atoms with Crippen molar-refractivity contribution >= 4 is 11.3 Å². The number of aryl methyl sites for hydroxylation is 1. The molecular weight excluding hydrogens is 216 g/mol. The van der Waals surface area contributed by atoms with Gasteiger partial charge in [-0.1, -0.05) is 23.8 Å². The van der Waals surface area contributed by atoms with Gasteiger partial charge in [0.2, 0.25) is 0 Å². The Morgan fingerprint density at radius 2 is 2.06 bits per heavy atom. The number of nitrogens with zero attached hydrogens (tertiary/aromatic N) is 1. The molecule has 1 aromatic carbocycles. The monoisotopic (exact) mass is 232 g/mol. The lowest BCUT2D eigenvalue weighted by atomic mass is 10.1. The van der Waals surface area contributed by atoms with E-state index in [1.807, 2.05) is 13.8 Å². The Morgan fingerprint density at radius 1 is 1.31 bits per heavy atom. The summed E-state index contributed by atoms with van der Waals surface area (Å²) in [6.45, 7) is 6.04. The van der Waals surface area contributed by atoms with E-state index in [0.717, 1.165) is 16.3 Å². The van der Waals surface area contributed by atoms with E-state index in [4.69, 9.17) is 5.73 Å². The molecule has 0 atom stereocenters. The van der Waals surface area contributed by atoms with Gasteiger partial charge in [-0.25, -0.2) is 4.98 Å². The van der Waals surface area contributed by atoms with Crippen molar-refractivity contribution in [1.82, 2.24) is 4.98 Å². The lowest BCUT2D eigenvalue weighted by Gasteiger charge is -2.13. The first-order valence-corrected chi connectivity index (χ1v) is 6.17. The largest absolute Gasteiger partial charge is 0.320 e. The Balaban J connectivity index is 2.39. The smallest absolute Gasteiger partial charge is 0.113 e. The number of benzene rings is 1. The lowest BCUT2D eigenvalue weighted by molar-refractivity contribution is 0.551. The minimum Gasteiger partial charge on any atom is -0.320 e. The summed E-state index contributed by atoms with van der Waals surface area (Å²) in [6.07, 6.45) is 0. The van der Waals surface area contributed by atoms with Crippen LogP contribution in [-0.4, -0.2) is 4.98 Å². The van der Waals surface area contributed by atoms with Crippen molar-refractivity contribution < 1.29 is 0 Å². The van der Waals surface area contributed by atoms with Crippen LogP contribution < -0.4 is 5.73 Å². The molecule has 0 saturated carbocycles. The normalized spacial score (nSPS) is 11.8. The predicted molar refractivity (Wildman–Crippen MR) is 69.5 cm³/mol. The van der Waals surface area contributed by atoms with Gasteiger partial charge >= 0.3 is 0 Å². The first-order chi connectivity index (χ1) is 7.47. The minimum atomic E-state index is -0.354. The van der Waals surface area contributed by atoms with E-state index in [-0.39, 0.29) is 5.54 Å². The Kier molecular flexibility index (Phi) is 2.82. The van der Waals surface area contributed by atoms with Crippen LogP contribution >= 0.6 is 11.3 Å². The molecule has 0 spiro atoms. The van der Waals surface area contributed by atoms with Gasteiger partial charge in [0.25, 0.3) is 0 Å². The molecule has 3 heteroatoms. The molecule has 2 nitrogen and oxygen atoms in total. The molecule has 2 N–H and O–H groups in total. The number of rotatable bonds is 2. The second kappa shape index (κ2) is 4.00. The summed E-state index contributed by atoms with van der Waals surface area (Å²) in [6, 6.07) is 8.36. The van der Waals surface area contributed by atoms with Crippen LogP contribution in [0.1, 0.15) is 24.4 Å². The standard InChI is InChI=1S/C13H16N2S/c1-9-5-4-6-10(7-9)11-8-16-12(15-11)13(2,3)14/h4-8H,14H2,1-3H3. The molecule has 2 rings (SSSR count). The van der Waals surface area contributed by atoms with E-state index in [9.17, 15) is 0 Å². The third-order valence-corrected chi connectivity index (χ3v) is 3.55. The molecule has 0 radical (unpaired) electrons. The van der Waals surface area contributed by atoms with Crippen LogP contribution in [0, 0.1) is 6.92 Å². The highest BCUT2D eigenvalue weighted by molar-refractivity contribution is 7.10. The first kappa shape index (κ1) is 11.3. The van der Waals surface area contributed by atoms with E-state index >= 15 is 0 Å². The van der Waals surface area contributed by atoms with Gasteiger partial charge in [-0.2, -0.15) is 0 Å². The van der Waals surface area contributed by atoms with Crippen molar-refractivity contribution in [3.63, 3.8) is 0 Å². The summed E-state index contributed by atoms with van der Waals surface area (Å²) < 4.78 is 0. The zero-order valence-corrected chi connectivity index (χ0v) is 10.6. The highest BCUT2D eigenvalue weighted by Crippen LogP contribution is 2.27. The molecule has 0 saturated heterocycles. The van der Waals surface area contributed by atoms with Crippen LogP contribution in [0.2, 0.25) is 0 Å². The summed E-state index contributed by atoms with van der Waals surface area (Å²) in [5, 5.41) is 3.04. The van der Waals surface area contributed by atoms with E-state index in [2.05, 4.69) is 41.6 Å². The first-order valence-electron chi connectivity index (χ1n) is 5.29. The van der Waals surface area contributed by atoms with Crippen LogP contribution in [0.25, 0.3) is 11.3 Å². The number of thiazole rings is 1. The summed E-state index contributed by atoms with van der Waals surface area (Å²) in [5.41, 5.74) is 9.10. The fourth-order valence-corrected chi connectivity index (χ4v) is 2.37. The molecule has 2 aromatic rings. The SMILES string of the molecule is Cc1cccc(-c2csc(C(C)(C)N)n2)c1. The van der Waals surface area contributed by atoms with Crippen LogP contribution in [0.3, 0.4) is 0 Å². The van der Waals surface area contributed by atoms with Gasteiger partial charge in [0.15, 0.2) is 0 Å². The van der Waals surface area contributed by atoms with Gasteiger partial charge in [-0.3, -0.25) is 0 Å². The second-order valence-corrected chi connectivity index (χ2v) is 5.49. The molecule has 1 heterocycles. The maximum Gasteiger partial charge on any atom is 0.113 e. The molecule has 0 aliphatic carbocycles. The van der Waals surface area contributed by atoms with Crippen LogP contribution in [-0.2, 0) is 5.54 Å². The fourth-order valence-electron chi connectivity index (χ4n) is 1.51. The Morgan fingerprint density at radius 3 is 2.62 bits per heavy atom. The van der Waals surface area contributed by atoms with Crippen LogP contribution in [0.5, 0.6) is 0 Å². The van der Waals surface area contributed by atoms with Crippen molar-refractivity contribution in [2.45, 2.75) is 26.3 Å². The van der Waals surface area contributed by atoms with Crippen molar-refractivity contribution in [3.8, 4) is 11.3 Å². The lowest BCUT2D eigenvalue weighted by Crippen LogP contribution is -2.28. The molecular formula is C13H16N2S. The maximum atomic E-state index is 6.03. The van der Waals surface area contributed by atoms with Gasteiger partial charge in [-0.05, 0) is 26.8 Å². The molecule has 0 aliphatic rings. The summed E-state index contributed by atoms with van der Waals surface area (Å²) in [5.74, 6) is 0. The molecule has 16 heavy (non-hydrogen) atoms. The maximum absolute atomic E-state index is 6.03. The molecule has 0 fully saturated rings. The van der Waals surface area contributed by atoms with Crippen molar-refractivity contribution in [2.24, 2.45) is 5.73 Å². The zero-order valence-electron chi connectivity index (χ0n) is 9.82. The summed E-state index contributed by atoms with van der Waals surface area (Å²) >= 11 is 1.62. The van der Waals surface area contributed by atoms with E-state index in [0.29, 0.717) is 0 Å². The highest BCUT2D eigenvalue weighted by Gasteiger charge is 2.18. The molecule has 84 valence electrons. The molecule has 0 amide bonds. The van der Waals surface area contributed by atoms with E-state index in [1.54, 1.807) is 11.3 Å². The summed E-state index contributed by atoms with van der Waals surface area (Å²) in [7, 11) is 0. The van der Waals surface area contributed by atoms with Gasteiger partial charge in [0, 0.05) is 10.9 Å². The van der Waals surface area contributed by atoms with E-state index in [1.165, 1.54) is 5.56 Å². The fraction of sp³-hybridized carbons (Fsp3) is 0.308. The van der Waals surface area contributed by atoms with Crippen molar-refractivity contribution in [2.75, 3.05) is 0 Å². The Labute approximate surface area is 100 Å². The predicted octanol–water partition coefficient (Wildman–Crippen LogP) is 3.31. The second-order valence-electron chi connectivity index (χ2n) is 4.63. The third kappa shape index (κ3) is 2.31. The van der Waals surface area contributed by atoms with Gasteiger partial charge < -0.3 is 5.73 Å². The summed E-state index contributed by atoms with van der Waals surface area (Å²) in [4.78, 5) is 4.59. The Hall–Kier alpha value is -1.19. The number of hydrogen-bond acceptors (Lipinski definition) is 3. The molecule has 0 bridgehead atoms. The zero-order chi connectivity index (χ0) is 11.8. The topological polar surface area (TPSA) is 38.9 Å². The molecule has 1 aromatic heterocycles.